The highest BCUT2D eigenvalue weighted by Gasteiger charge is 2.16. The van der Waals surface area contributed by atoms with Crippen LogP contribution >= 0.6 is 0 Å². The number of aromatic nitrogens is 2. The van der Waals surface area contributed by atoms with Gasteiger partial charge in [0.15, 0.2) is 0 Å². The van der Waals surface area contributed by atoms with E-state index in [0.29, 0.717) is 11.4 Å². The van der Waals surface area contributed by atoms with E-state index in [1.54, 1.807) is 17.9 Å². The van der Waals surface area contributed by atoms with E-state index in [4.69, 9.17) is 5.73 Å². The van der Waals surface area contributed by atoms with Crippen molar-refractivity contribution in [1.29, 1.82) is 0 Å². The number of aryl methyl sites for hydroxylation is 1. The number of hydrogen-bond donors (Lipinski definition) is 2. The van der Waals surface area contributed by atoms with Crippen LogP contribution in [0.2, 0.25) is 0 Å². The molecule has 0 saturated carbocycles. The summed E-state index contributed by atoms with van der Waals surface area (Å²) in [5.74, 6) is 0.487. The van der Waals surface area contributed by atoms with Gasteiger partial charge < -0.3 is 10.8 Å². The number of nitrogens with two attached hydrogens (primary N) is 1. The normalized spacial score (nSPS) is 12.7. The smallest absolute Gasteiger partial charge is 0.127 e. The first-order valence-electron chi connectivity index (χ1n) is 6.11. The van der Waals surface area contributed by atoms with Gasteiger partial charge in [0.1, 0.15) is 11.9 Å². The van der Waals surface area contributed by atoms with Gasteiger partial charge in [0.25, 0.3) is 0 Å². The van der Waals surface area contributed by atoms with Gasteiger partial charge in [-0.2, -0.15) is 5.10 Å². The molecule has 1 unspecified atom stereocenters. The first-order chi connectivity index (χ1) is 9.16. The average Bonchev–Trinajstić information content (AvgIpc) is 2.78. The molecule has 0 amide bonds. The lowest BCUT2D eigenvalue weighted by molar-refractivity contribution is 0.221. The first-order valence-corrected chi connectivity index (χ1v) is 6.11. The fourth-order valence-electron chi connectivity index (χ4n) is 2.23. The molecule has 0 radical (unpaired) electrons. The monoisotopic (exact) mass is 253 g/mol. The lowest BCUT2D eigenvalue weighted by Crippen LogP contribution is -2.04. The molecule has 2 aromatic carbocycles. The lowest BCUT2D eigenvalue weighted by atomic mass is 10.00. The highest BCUT2D eigenvalue weighted by molar-refractivity contribution is 5.83. The number of rotatable bonds is 2. The highest BCUT2D eigenvalue weighted by Crippen LogP contribution is 2.28. The maximum atomic E-state index is 10.4. The zero-order chi connectivity index (χ0) is 13.4. The van der Waals surface area contributed by atoms with Crippen LogP contribution in [0.25, 0.3) is 10.8 Å². The second kappa shape index (κ2) is 4.40. The predicted molar refractivity (Wildman–Crippen MR) is 75.6 cm³/mol. The van der Waals surface area contributed by atoms with E-state index in [1.165, 1.54) is 0 Å². The maximum Gasteiger partial charge on any atom is 0.127 e. The number of fused-ring (bicyclic) bond motifs is 1. The quantitative estimate of drug-likeness (QED) is 0.736. The summed E-state index contributed by atoms with van der Waals surface area (Å²) in [6, 6.07) is 13.9. The van der Waals surface area contributed by atoms with Crippen molar-refractivity contribution in [3.63, 3.8) is 0 Å². The minimum absolute atomic E-state index is 0.487. The fraction of sp³-hybridized carbons (Fsp3) is 0.133. The number of benzene rings is 2. The molecule has 0 spiro atoms. The Bertz CT molecular complexity index is 733. The Balaban J connectivity index is 2.06. The van der Waals surface area contributed by atoms with E-state index in [9.17, 15) is 5.11 Å². The third-order valence-electron chi connectivity index (χ3n) is 3.40. The minimum Gasteiger partial charge on any atom is -0.384 e. The highest BCUT2D eigenvalue weighted by atomic mass is 16.3. The summed E-state index contributed by atoms with van der Waals surface area (Å²) in [6.07, 6.45) is 0.855. The van der Waals surface area contributed by atoms with Crippen LogP contribution in [-0.2, 0) is 7.05 Å². The summed E-state index contributed by atoms with van der Waals surface area (Å²) in [5.41, 5.74) is 7.35. The minimum atomic E-state index is -0.752. The number of nitrogen functional groups attached to an aromatic ring is 1. The van der Waals surface area contributed by atoms with E-state index in [-0.39, 0.29) is 0 Å². The maximum absolute atomic E-state index is 10.4. The molecule has 1 aromatic heterocycles. The van der Waals surface area contributed by atoms with Crippen LogP contribution in [0, 0.1) is 0 Å². The number of hydrogen-bond acceptors (Lipinski definition) is 3. The molecule has 0 saturated heterocycles. The molecule has 0 bridgehead atoms. The third kappa shape index (κ3) is 1.96. The Kier molecular flexibility index (Phi) is 2.72. The van der Waals surface area contributed by atoms with Crippen molar-refractivity contribution in [2.24, 2.45) is 7.05 Å². The van der Waals surface area contributed by atoms with Gasteiger partial charge in [-0.1, -0.05) is 36.4 Å². The first kappa shape index (κ1) is 11.7. The van der Waals surface area contributed by atoms with Gasteiger partial charge in [0.05, 0.1) is 6.20 Å². The molecule has 3 N–H and O–H groups in total. The molecule has 4 nitrogen and oxygen atoms in total. The third-order valence-corrected chi connectivity index (χ3v) is 3.40. The molecule has 0 aliphatic rings. The molecule has 0 aliphatic heterocycles. The number of aliphatic hydroxyl groups excluding tert-OH is 1. The van der Waals surface area contributed by atoms with Gasteiger partial charge in [-0.3, -0.25) is 4.68 Å². The second-order valence-electron chi connectivity index (χ2n) is 4.62. The van der Waals surface area contributed by atoms with Crippen molar-refractivity contribution in [2.45, 2.75) is 6.10 Å². The Hall–Kier alpha value is -2.33. The van der Waals surface area contributed by atoms with Crippen molar-refractivity contribution in [3.05, 3.63) is 59.8 Å². The molecule has 0 aliphatic carbocycles. The fourth-order valence-corrected chi connectivity index (χ4v) is 2.23. The molecule has 4 heteroatoms. The van der Waals surface area contributed by atoms with Crippen LogP contribution < -0.4 is 5.73 Å². The van der Waals surface area contributed by atoms with Crippen LogP contribution in [0.1, 0.15) is 17.2 Å². The van der Waals surface area contributed by atoms with Crippen LogP contribution in [0.3, 0.4) is 0 Å². The molecule has 1 heterocycles. The SMILES string of the molecule is Cn1ncc(C(O)c2ccc3ccccc3c2)c1N. The summed E-state index contributed by atoms with van der Waals surface area (Å²) >= 11 is 0. The van der Waals surface area contributed by atoms with Crippen molar-refractivity contribution in [2.75, 3.05) is 5.73 Å². The molecule has 96 valence electrons. The second-order valence-corrected chi connectivity index (χ2v) is 4.62. The molecule has 3 aromatic rings. The molecule has 3 rings (SSSR count). The molecular formula is C15H15N3O. The largest absolute Gasteiger partial charge is 0.384 e. The zero-order valence-corrected chi connectivity index (χ0v) is 10.6. The predicted octanol–water partition coefficient (Wildman–Crippen LogP) is 2.24. The van der Waals surface area contributed by atoms with Crippen LogP contribution in [0.5, 0.6) is 0 Å². The van der Waals surface area contributed by atoms with E-state index in [1.807, 2.05) is 42.5 Å². The average molecular weight is 253 g/mol. The van der Waals surface area contributed by atoms with Crippen molar-refractivity contribution < 1.29 is 5.11 Å². The Morgan fingerprint density at radius 2 is 1.89 bits per heavy atom. The van der Waals surface area contributed by atoms with Crippen molar-refractivity contribution in [1.82, 2.24) is 9.78 Å². The lowest BCUT2D eigenvalue weighted by Gasteiger charge is -2.11. The van der Waals surface area contributed by atoms with Gasteiger partial charge in [0, 0.05) is 12.6 Å². The van der Waals surface area contributed by atoms with E-state index in [0.717, 1.165) is 16.3 Å². The van der Waals surface area contributed by atoms with Crippen molar-refractivity contribution in [3.8, 4) is 0 Å². The number of aliphatic hydroxyl groups is 1. The van der Waals surface area contributed by atoms with Gasteiger partial charge in [-0.15, -0.1) is 0 Å². The van der Waals surface area contributed by atoms with E-state index < -0.39 is 6.10 Å². The summed E-state index contributed by atoms with van der Waals surface area (Å²) in [6.45, 7) is 0. The Morgan fingerprint density at radius 1 is 1.16 bits per heavy atom. The van der Waals surface area contributed by atoms with Crippen molar-refractivity contribution >= 4 is 16.6 Å². The molecule has 1 atom stereocenters. The van der Waals surface area contributed by atoms with Crippen LogP contribution in [0.4, 0.5) is 5.82 Å². The molecular weight excluding hydrogens is 238 g/mol. The van der Waals surface area contributed by atoms with Gasteiger partial charge in [-0.05, 0) is 22.4 Å². The number of nitrogens with zero attached hydrogens (tertiary/aromatic N) is 2. The molecule has 0 fully saturated rings. The summed E-state index contributed by atoms with van der Waals surface area (Å²) in [7, 11) is 1.76. The number of anilines is 1. The van der Waals surface area contributed by atoms with E-state index >= 15 is 0 Å². The summed E-state index contributed by atoms with van der Waals surface area (Å²) in [5, 5.41) is 16.7. The Morgan fingerprint density at radius 3 is 2.58 bits per heavy atom. The van der Waals surface area contributed by atoms with Gasteiger partial charge in [0.2, 0.25) is 0 Å². The topological polar surface area (TPSA) is 64.1 Å². The van der Waals surface area contributed by atoms with E-state index in [2.05, 4.69) is 5.10 Å². The van der Waals surface area contributed by atoms with Crippen LogP contribution in [-0.4, -0.2) is 14.9 Å². The van der Waals surface area contributed by atoms with Crippen LogP contribution in [0.15, 0.2) is 48.7 Å². The zero-order valence-electron chi connectivity index (χ0n) is 10.6. The van der Waals surface area contributed by atoms with Gasteiger partial charge in [-0.25, -0.2) is 0 Å². The summed E-state index contributed by atoms with van der Waals surface area (Å²) < 4.78 is 1.56. The molecule has 19 heavy (non-hydrogen) atoms. The van der Waals surface area contributed by atoms with Gasteiger partial charge >= 0.3 is 0 Å². The standard InChI is InChI=1S/C15H15N3O/c1-18-15(16)13(9-17-18)14(19)12-7-6-10-4-2-3-5-11(10)8-12/h2-9,14,19H,16H2,1H3. The summed E-state index contributed by atoms with van der Waals surface area (Å²) in [4.78, 5) is 0. The Labute approximate surface area is 111 Å².